The SMILES string of the molecule is CC(C)Cc1ccc(N2c3ccccc3C3C=C(c4ccc5c(c4)-c4ccccc4C5)C=CC32)cc1. The molecule has 3 aliphatic rings. The van der Waals surface area contributed by atoms with Gasteiger partial charge in [-0.05, 0) is 87.5 Å². The van der Waals surface area contributed by atoms with Crippen molar-refractivity contribution in [3.8, 4) is 11.1 Å². The highest BCUT2D eigenvalue weighted by Crippen LogP contribution is 2.49. The first kappa shape index (κ1) is 21.4. The van der Waals surface area contributed by atoms with E-state index in [9.17, 15) is 0 Å². The van der Waals surface area contributed by atoms with E-state index in [0.29, 0.717) is 17.9 Å². The van der Waals surface area contributed by atoms with Crippen LogP contribution < -0.4 is 4.90 Å². The van der Waals surface area contributed by atoms with Gasteiger partial charge in [-0.1, -0.05) is 98.8 Å². The van der Waals surface area contributed by atoms with Crippen LogP contribution in [-0.2, 0) is 12.8 Å². The molecule has 2 aliphatic carbocycles. The van der Waals surface area contributed by atoms with Crippen molar-refractivity contribution in [3.05, 3.63) is 137 Å². The topological polar surface area (TPSA) is 3.24 Å². The second-order valence-corrected chi connectivity index (χ2v) is 10.9. The number of benzene rings is 4. The predicted octanol–water partition coefficient (Wildman–Crippen LogP) is 8.71. The Morgan fingerprint density at radius 2 is 1.58 bits per heavy atom. The van der Waals surface area contributed by atoms with Crippen molar-refractivity contribution in [3.63, 3.8) is 0 Å². The highest BCUT2D eigenvalue weighted by atomic mass is 15.2. The smallest absolute Gasteiger partial charge is 0.0630 e. The van der Waals surface area contributed by atoms with Gasteiger partial charge in [0.1, 0.15) is 0 Å². The molecule has 4 aromatic rings. The third kappa shape index (κ3) is 3.45. The zero-order chi connectivity index (χ0) is 24.2. The summed E-state index contributed by atoms with van der Waals surface area (Å²) in [7, 11) is 0. The number of allylic oxidation sites excluding steroid dienone is 2. The Kier molecular flexibility index (Phi) is 4.99. The van der Waals surface area contributed by atoms with Crippen LogP contribution >= 0.6 is 0 Å². The first-order valence-corrected chi connectivity index (χ1v) is 13.2. The van der Waals surface area contributed by atoms with Crippen molar-refractivity contribution >= 4 is 16.9 Å². The Balaban J connectivity index is 1.25. The number of rotatable bonds is 4. The van der Waals surface area contributed by atoms with Gasteiger partial charge in [-0.2, -0.15) is 0 Å². The number of nitrogens with zero attached hydrogens (tertiary/aromatic N) is 1. The van der Waals surface area contributed by atoms with Crippen molar-refractivity contribution in [2.24, 2.45) is 5.92 Å². The molecule has 1 nitrogen and oxygen atoms in total. The zero-order valence-corrected chi connectivity index (χ0v) is 21.0. The van der Waals surface area contributed by atoms with Crippen molar-refractivity contribution in [2.45, 2.75) is 38.6 Å². The molecule has 0 saturated carbocycles. The Hall–Kier alpha value is -3.84. The average Bonchev–Trinajstić information content (AvgIpc) is 3.44. The summed E-state index contributed by atoms with van der Waals surface area (Å²) in [6, 6.07) is 34.4. The van der Waals surface area contributed by atoms with Gasteiger partial charge in [0.15, 0.2) is 0 Å². The summed E-state index contributed by atoms with van der Waals surface area (Å²) in [5.74, 6) is 1.02. The number of para-hydroxylation sites is 1. The molecule has 1 heterocycles. The zero-order valence-electron chi connectivity index (χ0n) is 21.0. The molecule has 0 amide bonds. The molecule has 0 saturated heterocycles. The molecule has 4 aromatic carbocycles. The van der Waals surface area contributed by atoms with Crippen LogP contribution in [0.25, 0.3) is 16.7 Å². The van der Waals surface area contributed by atoms with E-state index >= 15 is 0 Å². The lowest BCUT2D eigenvalue weighted by atomic mass is 9.85. The van der Waals surface area contributed by atoms with Crippen molar-refractivity contribution in [2.75, 3.05) is 4.90 Å². The van der Waals surface area contributed by atoms with E-state index in [2.05, 4.69) is 128 Å². The van der Waals surface area contributed by atoms with Gasteiger partial charge in [-0.15, -0.1) is 0 Å². The van der Waals surface area contributed by atoms with Crippen molar-refractivity contribution in [1.29, 1.82) is 0 Å². The van der Waals surface area contributed by atoms with Gasteiger partial charge in [0.05, 0.1) is 6.04 Å². The Morgan fingerprint density at radius 3 is 2.44 bits per heavy atom. The lowest BCUT2D eigenvalue weighted by Crippen LogP contribution is -2.29. The van der Waals surface area contributed by atoms with Crippen LogP contribution in [0.3, 0.4) is 0 Å². The Bertz CT molecular complexity index is 1520. The molecule has 0 spiro atoms. The lowest BCUT2D eigenvalue weighted by molar-refractivity contribution is 0.647. The van der Waals surface area contributed by atoms with E-state index in [4.69, 9.17) is 0 Å². The maximum absolute atomic E-state index is 2.53. The molecule has 2 unspecified atom stereocenters. The Morgan fingerprint density at radius 1 is 0.806 bits per heavy atom. The first-order valence-electron chi connectivity index (χ1n) is 13.2. The molecular weight excluding hydrogens is 434 g/mol. The molecule has 0 bridgehead atoms. The lowest BCUT2D eigenvalue weighted by Gasteiger charge is -2.30. The second kappa shape index (κ2) is 8.38. The summed E-state index contributed by atoms with van der Waals surface area (Å²) in [6.45, 7) is 4.57. The molecule has 7 rings (SSSR count). The van der Waals surface area contributed by atoms with Crippen LogP contribution in [-0.4, -0.2) is 6.04 Å². The fraction of sp³-hybridized carbons (Fsp3) is 0.200. The average molecular weight is 466 g/mol. The minimum absolute atomic E-state index is 0.303. The standard InChI is InChI=1S/C35H31N/c1-23(2)19-24-11-16-29(17-12-24)36-34-10-6-5-9-31(34)33-22-26(15-18-35(33)36)25-13-14-28-20-27-7-3-4-8-30(27)32(28)21-25/h3-18,21-23,33,35H,19-20H2,1-2H3. The molecule has 0 N–H and O–H groups in total. The molecule has 0 aromatic heterocycles. The summed E-state index contributed by atoms with van der Waals surface area (Å²) in [4.78, 5) is 2.53. The minimum atomic E-state index is 0.303. The molecule has 1 heteroatoms. The molecule has 0 radical (unpaired) electrons. The van der Waals surface area contributed by atoms with E-state index in [0.717, 1.165) is 12.8 Å². The minimum Gasteiger partial charge on any atom is -0.333 e. The van der Waals surface area contributed by atoms with E-state index in [1.165, 1.54) is 55.9 Å². The fourth-order valence-corrected chi connectivity index (χ4v) is 6.41. The fourth-order valence-electron chi connectivity index (χ4n) is 6.41. The van der Waals surface area contributed by atoms with E-state index in [1.807, 2.05) is 0 Å². The molecule has 1 aliphatic heterocycles. The number of anilines is 2. The molecular formula is C35H31N. The maximum atomic E-state index is 2.53. The highest BCUT2D eigenvalue weighted by Gasteiger charge is 2.38. The summed E-state index contributed by atoms with van der Waals surface area (Å²) < 4.78 is 0. The quantitative estimate of drug-likeness (QED) is 0.256. The van der Waals surface area contributed by atoms with Gasteiger partial charge in [-0.25, -0.2) is 0 Å². The Labute approximate surface area is 214 Å². The monoisotopic (exact) mass is 465 g/mol. The number of fused-ring (bicyclic) bond motifs is 6. The third-order valence-corrected chi connectivity index (χ3v) is 8.04. The van der Waals surface area contributed by atoms with Gasteiger partial charge >= 0.3 is 0 Å². The number of hydrogen-bond acceptors (Lipinski definition) is 1. The van der Waals surface area contributed by atoms with Gasteiger partial charge in [0.2, 0.25) is 0 Å². The normalized spacial score (nSPS) is 19.1. The van der Waals surface area contributed by atoms with Crippen LogP contribution in [0.2, 0.25) is 0 Å². The molecule has 2 atom stereocenters. The van der Waals surface area contributed by atoms with Gasteiger partial charge in [0.25, 0.3) is 0 Å². The second-order valence-electron chi connectivity index (χ2n) is 10.9. The first-order chi connectivity index (χ1) is 17.7. The van der Waals surface area contributed by atoms with Crippen molar-refractivity contribution in [1.82, 2.24) is 0 Å². The largest absolute Gasteiger partial charge is 0.333 e. The summed E-state index contributed by atoms with van der Waals surface area (Å²) in [6.07, 6.45) is 9.43. The van der Waals surface area contributed by atoms with E-state index in [-0.39, 0.29) is 0 Å². The van der Waals surface area contributed by atoms with E-state index in [1.54, 1.807) is 0 Å². The molecule has 176 valence electrons. The van der Waals surface area contributed by atoms with Crippen LogP contribution in [0.15, 0.2) is 109 Å². The van der Waals surface area contributed by atoms with Gasteiger partial charge in [-0.3, -0.25) is 0 Å². The number of hydrogen-bond donors (Lipinski definition) is 0. The van der Waals surface area contributed by atoms with E-state index < -0.39 is 0 Å². The third-order valence-electron chi connectivity index (χ3n) is 8.04. The van der Waals surface area contributed by atoms with Crippen LogP contribution in [0, 0.1) is 5.92 Å². The van der Waals surface area contributed by atoms with Crippen molar-refractivity contribution < 1.29 is 0 Å². The van der Waals surface area contributed by atoms with Crippen LogP contribution in [0.4, 0.5) is 11.4 Å². The summed E-state index contributed by atoms with van der Waals surface area (Å²) >= 11 is 0. The van der Waals surface area contributed by atoms with Gasteiger partial charge in [0, 0.05) is 17.3 Å². The highest BCUT2D eigenvalue weighted by molar-refractivity contribution is 5.86. The summed E-state index contributed by atoms with van der Waals surface area (Å²) in [5.41, 5.74) is 13.8. The molecule has 36 heavy (non-hydrogen) atoms. The summed E-state index contributed by atoms with van der Waals surface area (Å²) in [5, 5.41) is 0. The maximum Gasteiger partial charge on any atom is 0.0630 e. The predicted molar refractivity (Wildman–Crippen MR) is 152 cm³/mol. The van der Waals surface area contributed by atoms with Gasteiger partial charge < -0.3 is 4.90 Å². The van der Waals surface area contributed by atoms with Crippen LogP contribution in [0.5, 0.6) is 0 Å². The van der Waals surface area contributed by atoms with Crippen LogP contribution in [0.1, 0.15) is 47.6 Å². The molecule has 0 fully saturated rings.